The molecule has 7 heteroatoms. The Morgan fingerprint density at radius 2 is 0.880 bits per heavy atom. The Morgan fingerprint density at radius 1 is 0.348 bits per heavy atom. The Balaban J connectivity index is 0.730. The topological polar surface area (TPSA) is 82.9 Å². The highest BCUT2D eigenvalue weighted by Crippen LogP contribution is 2.67. The van der Waals surface area contributed by atoms with Crippen molar-refractivity contribution < 1.29 is 9.47 Å². The quantitative estimate of drug-likeness (QED) is 0.157. The van der Waals surface area contributed by atoms with Crippen molar-refractivity contribution in [1.29, 1.82) is 0 Å². The fraction of sp³-hybridized carbons (Fsp3) is 0.0941. The van der Waals surface area contributed by atoms with Crippen LogP contribution in [0.3, 0.4) is 0 Å². The van der Waals surface area contributed by atoms with Gasteiger partial charge in [0.05, 0.1) is 39.3 Å². The van der Waals surface area contributed by atoms with Gasteiger partial charge in [-0.1, -0.05) is 243 Å². The van der Waals surface area contributed by atoms with Crippen LogP contribution in [0.1, 0.15) is 75.0 Å². The SMILES string of the molecule is C1=CCCC(c2nc(-c3ccc4c(c3)Oc3ccccc3C43c4ccc(-c5ccc(-c6cc(-c7ccc8c(c7)Oc7ccccc7C87c8ccccc8C8C=CC=CC87)nc(-c7ccccc7)n6)c6ccccc56)cc4C4C=CC=CC43)cc(-c3ccccn3)n2)=C1. The molecule has 2 spiro atoms. The van der Waals surface area contributed by atoms with E-state index in [1.54, 1.807) is 0 Å². The Labute approximate surface area is 533 Å². The molecule has 0 N–H and O–H groups in total. The Hall–Kier alpha value is -11.4. The maximum absolute atomic E-state index is 7.08. The van der Waals surface area contributed by atoms with Gasteiger partial charge in [0, 0.05) is 74.4 Å². The van der Waals surface area contributed by atoms with Crippen molar-refractivity contribution in [2.45, 2.75) is 35.5 Å². The van der Waals surface area contributed by atoms with Crippen molar-refractivity contribution in [3.05, 3.63) is 348 Å². The van der Waals surface area contributed by atoms with E-state index < -0.39 is 10.8 Å². The highest BCUT2D eigenvalue weighted by atomic mass is 16.5. The third-order valence-electron chi connectivity index (χ3n) is 20.5. The molecule has 2 aliphatic heterocycles. The number of hydrogen-bond acceptors (Lipinski definition) is 7. The molecule has 5 aliphatic carbocycles. The fourth-order valence-corrected chi connectivity index (χ4v) is 16.7. The molecular weight excluding hydrogens is 1120 g/mol. The molecule has 6 unspecified atom stereocenters. The summed E-state index contributed by atoms with van der Waals surface area (Å²) >= 11 is 0. The van der Waals surface area contributed by atoms with Crippen LogP contribution in [-0.4, -0.2) is 24.9 Å². The summed E-state index contributed by atoms with van der Waals surface area (Å²) in [4.78, 5) is 25.9. The predicted molar refractivity (Wildman–Crippen MR) is 367 cm³/mol. The minimum atomic E-state index is -0.559. The highest BCUT2D eigenvalue weighted by Gasteiger charge is 2.58. The van der Waals surface area contributed by atoms with Crippen LogP contribution in [0.4, 0.5) is 0 Å². The number of hydrogen-bond donors (Lipinski definition) is 0. The minimum Gasteiger partial charge on any atom is -0.457 e. The van der Waals surface area contributed by atoms with Crippen LogP contribution in [-0.2, 0) is 10.8 Å². The molecule has 3 aromatic heterocycles. The van der Waals surface area contributed by atoms with Crippen LogP contribution in [0.15, 0.2) is 297 Å². The second-order valence-corrected chi connectivity index (χ2v) is 25.1. The fourth-order valence-electron chi connectivity index (χ4n) is 16.7. The van der Waals surface area contributed by atoms with Crippen molar-refractivity contribution in [1.82, 2.24) is 24.9 Å². The van der Waals surface area contributed by atoms with Crippen LogP contribution in [0.5, 0.6) is 23.0 Å². The number of fused-ring (bicyclic) bond motifs is 19. The average molecular weight is 1180 g/mol. The number of aromatic nitrogens is 5. The van der Waals surface area contributed by atoms with E-state index in [-0.39, 0.29) is 23.7 Å². The number of benzene rings is 9. The van der Waals surface area contributed by atoms with Crippen LogP contribution in [0.25, 0.3) is 84.0 Å². The van der Waals surface area contributed by atoms with Crippen molar-refractivity contribution in [2.24, 2.45) is 11.8 Å². The number of para-hydroxylation sites is 2. The van der Waals surface area contributed by atoms with E-state index in [1.165, 1.54) is 38.9 Å². The zero-order valence-corrected chi connectivity index (χ0v) is 50.1. The van der Waals surface area contributed by atoms with Gasteiger partial charge in [-0.15, -0.1) is 0 Å². The zero-order chi connectivity index (χ0) is 60.5. The van der Waals surface area contributed by atoms with E-state index in [0.717, 1.165) is 125 Å². The van der Waals surface area contributed by atoms with E-state index in [2.05, 4.69) is 267 Å². The molecule has 0 saturated heterocycles. The molecule has 0 amide bonds. The molecule has 5 heterocycles. The predicted octanol–water partition coefficient (Wildman–Crippen LogP) is 20.1. The Kier molecular flexibility index (Phi) is 11.7. The standard InChI is InChI=1S/C85H57N5O2/c1-3-21-52(22-4-1)82-87-74(55-39-44-71-80(48-55)91-78-36-17-15-33-69(78)84(71)65-30-12-9-27-60(65)61-28-10-13-31-66(61)84)50-76(89-82)63-42-41-57(58-25-7-8-26-59(58)63)54-38-43-68-64(47-54)62-29-11-14-32-67(62)85(68)70-34-16-18-37-79(70)92-81-49-56(40-45-72(81)85)75-51-77(73-35-19-20-46-86-73)90-83(88-75)53-23-5-2-6-24-53/h1-5,7-23,25-51,60,62,65,67H,6,24H2. The van der Waals surface area contributed by atoms with Gasteiger partial charge in [0.2, 0.25) is 0 Å². The summed E-state index contributed by atoms with van der Waals surface area (Å²) in [7, 11) is 0. The first-order valence-corrected chi connectivity index (χ1v) is 32.0. The van der Waals surface area contributed by atoms with Gasteiger partial charge in [-0.3, -0.25) is 4.98 Å². The van der Waals surface area contributed by atoms with E-state index in [0.29, 0.717) is 5.82 Å². The molecule has 7 nitrogen and oxygen atoms in total. The van der Waals surface area contributed by atoms with Gasteiger partial charge in [-0.25, -0.2) is 19.9 Å². The van der Waals surface area contributed by atoms with Crippen LogP contribution < -0.4 is 9.47 Å². The first-order valence-electron chi connectivity index (χ1n) is 32.0. The normalized spacial score (nSPS) is 21.1. The lowest BCUT2D eigenvalue weighted by molar-refractivity contribution is 0.374. The summed E-state index contributed by atoms with van der Waals surface area (Å²) < 4.78 is 14.1. The van der Waals surface area contributed by atoms with Crippen molar-refractivity contribution >= 4 is 16.3 Å². The summed E-state index contributed by atoms with van der Waals surface area (Å²) in [5, 5.41) is 2.26. The Bertz CT molecular complexity index is 5290. The van der Waals surface area contributed by atoms with Gasteiger partial charge in [-0.2, -0.15) is 0 Å². The number of nitrogens with zero attached hydrogens (tertiary/aromatic N) is 5. The van der Waals surface area contributed by atoms with Gasteiger partial charge in [-0.05, 0) is 111 Å². The first-order chi connectivity index (χ1) is 45.6. The Morgan fingerprint density at radius 3 is 1.57 bits per heavy atom. The summed E-state index contributed by atoms with van der Waals surface area (Å²) in [6, 6.07) is 80.9. The van der Waals surface area contributed by atoms with E-state index in [1.807, 2.05) is 30.5 Å². The van der Waals surface area contributed by atoms with Gasteiger partial charge < -0.3 is 9.47 Å². The van der Waals surface area contributed by atoms with Gasteiger partial charge >= 0.3 is 0 Å². The molecule has 92 heavy (non-hydrogen) atoms. The highest BCUT2D eigenvalue weighted by molar-refractivity contribution is 6.05. The average Bonchev–Trinajstić information content (AvgIpc) is 1.49. The van der Waals surface area contributed by atoms with Gasteiger partial charge in [0.15, 0.2) is 11.6 Å². The third-order valence-corrected chi connectivity index (χ3v) is 20.5. The largest absolute Gasteiger partial charge is 0.457 e. The second-order valence-electron chi connectivity index (χ2n) is 25.1. The summed E-state index contributed by atoms with van der Waals surface area (Å²) in [6.07, 6.45) is 28.6. The van der Waals surface area contributed by atoms with Gasteiger partial charge in [0.25, 0.3) is 0 Å². The smallest absolute Gasteiger partial charge is 0.160 e. The van der Waals surface area contributed by atoms with Crippen molar-refractivity contribution in [3.8, 4) is 90.7 Å². The van der Waals surface area contributed by atoms with Crippen LogP contribution in [0, 0.1) is 11.8 Å². The third kappa shape index (κ3) is 7.78. The molecule has 9 aromatic carbocycles. The molecule has 0 fully saturated rings. The summed E-state index contributed by atoms with van der Waals surface area (Å²) in [5.41, 5.74) is 20.3. The first kappa shape index (κ1) is 52.5. The lowest BCUT2D eigenvalue weighted by atomic mass is 9.62. The van der Waals surface area contributed by atoms with Crippen LogP contribution in [0.2, 0.25) is 0 Å². The number of ether oxygens (including phenoxy) is 2. The lowest BCUT2D eigenvalue weighted by Gasteiger charge is -2.43. The molecule has 434 valence electrons. The van der Waals surface area contributed by atoms with Crippen LogP contribution >= 0.6 is 0 Å². The number of pyridine rings is 1. The number of allylic oxidation sites excluding steroid dienone is 12. The molecular formula is C85H57N5O2. The molecule has 7 aliphatic rings. The summed E-state index contributed by atoms with van der Waals surface area (Å²) in [5.74, 6) is 5.38. The van der Waals surface area contributed by atoms with E-state index in [9.17, 15) is 0 Å². The molecule has 19 rings (SSSR count). The molecule has 0 bridgehead atoms. The molecule has 0 saturated carbocycles. The molecule has 12 aromatic rings. The molecule has 0 radical (unpaired) electrons. The monoisotopic (exact) mass is 1180 g/mol. The zero-order valence-electron chi connectivity index (χ0n) is 50.1. The lowest BCUT2D eigenvalue weighted by Crippen LogP contribution is -2.37. The van der Waals surface area contributed by atoms with Crippen molar-refractivity contribution in [2.75, 3.05) is 0 Å². The summed E-state index contributed by atoms with van der Waals surface area (Å²) in [6.45, 7) is 0. The minimum absolute atomic E-state index is 0.0712. The molecule has 6 atom stereocenters. The van der Waals surface area contributed by atoms with Gasteiger partial charge in [0.1, 0.15) is 23.0 Å². The number of rotatable bonds is 7. The van der Waals surface area contributed by atoms with E-state index in [4.69, 9.17) is 34.4 Å². The maximum atomic E-state index is 7.08. The van der Waals surface area contributed by atoms with Crippen molar-refractivity contribution in [3.63, 3.8) is 0 Å². The second kappa shape index (κ2) is 20.6. The maximum Gasteiger partial charge on any atom is 0.160 e. The van der Waals surface area contributed by atoms with E-state index >= 15 is 0 Å².